The molecule has 2 aromatic carbocycles. The Kier molecular flexibility index (Phi) is 5.24. The molecular weight excluding hydrogens is 418 g/mol. The van der Waals surface area contributed by atoms with Gasteiger partial charge in [-0.15, -0.1) is 0 Å². The number of carbonyl (C=O) groups is 1. The molecule has 8 heteroatoms. The maximum absolute atomic E-state index is 12.6. The van der Waals surface area contributed by atoms with Crippen molar-refractivity contribution in [2.45, 2.75) is 13.0 Å². The van der Waals surface area contributed by atoms with Crippen molar-refractivity contribution in [3.8, 4) is 5.75 Å². The third kappa shape index (κ3) is 3.71. The summed E-state index contributed by atoms with van der Waals surface area (Å²) in [5.41, 5.74) is 1.61. The van der Waals surface area contributed by atoms with E-state index in [1.165, 1.54) is 0 Å². The fourth-order valence-electron chi connectivity index (χ4n) is 2.63. The molecule has 0 aliphatic heterocycles. The summed E-state index contributed by atoms with van der Waals surface area (Å²) >= 11 is 8.42. The number of aromatic nitrogens is 2. The highest BCUT2D eigenvalue weighted by atomic mass is 79.9. The Morgan fingerprint density at radius 3 is 2.69 bits per heavy atom. The minimum absolute atomic E-state index is 0.210. The molecule has 3 aromatic rings. The maximum atomic E-state index is 12.6. The molecule has 0 unspecified atom stereocenters. The Morgan fingerprint density at radius 2 is 2.00 bits per heavy atom. The summed E-state index contributed by atoms with van der Waals surface area (Å²) in [4.78, 5) is 29.9. The number of nitrogens with one attached hydrogen (secondary N) is 3. The lowest BCUT2D eigenvalue weighted by molar-refractivity contribution is 0.0940. The van der Waals surface area contributed by atoms with Crippen molar-refractivity contribution in [2.75, 3.05) is 7.11 Å². The SMILES string of the molecule is COc1ccc([C@H](C)NC(=O)c2ccc3c(=O)[nH]c(=S)[nH]c3c2)cc1Br. The Balaban J connectivity index is 1.85. The molecule has 26 heavy (non-hydrogen) atoms. The fraction of sp³-hybridized carbons (Fsp3) is 0.167. The van der Waals surface area contributed by atoms with Gasteiger partial charge in [-0.05, 0) is 71.0 Å². The topological polar surface area (TPSA) is 87.0 Å². The van der Waals surface area contributed by atoms with Crippen LogP contribution in [0.4, 0.5) is 0 Å². The first kappa shape index (κ1) is 18.3. The number of rotatable bonds is 4. The number of hydrogen-bond acceptors (Lipinski definition) is 4. The third-order valence-electron chi connectivity index (χ3n) is 4.03. The highest BCUT2D eigenvalue weighted by molar-refractivity contribution is 9.10. The molecule has 6 nitrogen and oxygen atoms in total. The predicted molar refractivity (Wildman–Crippen MR) is 106 cm³/mol. The van der Waals surface area contributed by atoms with Crippen LogP contribution in [0, 0.1) is 4.77 Å². The smallest absolute Gasteiger partial charge is 0.259 e. The van der Waals surface area contributed by atoms with Crippen LogP contribution in [-0.2, 0) is 0 Å². The van der Waals surface area contributed by atoms with Gasteiger partial charge in [-0.3, -0.25) is 14.6 Å². The van der Waals surface area contributed by atoms with E-state index in [-0.39, 0.29) is 22.3 Å². The molecule has 1 aromatic heterocycles. The monoisotopic (exact) mass is 433 g/mol. The number of halogens is 1. The first-order valence-corrected chi connectivity index (χ1v) is 9.00. The van der Waals surface area contributed by atoms with Gasteiger partial charge in [0.15, 0.2) is 4.77 Å². The van der Waals surface area contributed by atoms with Gasteiger partial charge < -0.3 is 15.0 Å². The Labute approximate surface area is 162 Å². The second-order valence-corrected chi connectivity index (χ2v) is 7.02. The largest absolute Gasteiger partial charge is 0.496 e. The van der Waals surface area contributed by atoms with E-state index in [1.54, 1.807) is 25.3 Å². The molecule has 0 aliphatic carbocycles. The lowest BCUT2D eigenvalue weighted by atomic mass is 10.1. The molecule has 0 saturated heterocycles. The standard InChI is InChI=1S/C18H16BrN3O3S/c1-9(10-4-6-15(25-2)13(19)7-10)20-16(23)11-3-5-12-14(8-11)21-18(26)22-17(12)24/h3-9H,1-2H3,(H,20,23)(H2,21,22,24,26)/t9-/m0/s1. The van der Waals surface area contributed by atoms with Crippen molar-refractivity contribution in [3.05, 3.63) is 67.1 Å². The van der Waals surface area contributed by atoms with Crippen molar-refractivity contribution in [2.24, 2.45) is 0 Å². The molecule has 1 heterocycles. The number of amides is 1. The van der Waals surface area contributed by atoms with E-state index in [0.717, 1.165) is 15.8 Å². The fourth-order valence-corrected chi connectivity index (χ4v) is 3.39. The van der Waals surface area contributed by atoms with Gasteiger partial charge in [0.2, 0.25) is 0 Å². The van der Waals surface area contributed by atoms with Gasteiger partial charge in [0.05, 0.1) is 28.5 Å². The van der Waals surface area contributed by atoms with Crippen LogP contribution in [0.1, 0.15) is 28.9 Å². The summed E-state index contributed by atoms with van der Waals surface area (Å²) in [6, 6.07) is 10.3. The van der Waals surface area contributed by atoms with Crippen LogP contribution in [-0.4, -0.2) is 23.0 Å². The zero-order valence-electron chi connectivity index (χ0n) is 14.1. The van der Waals surface area contributed by atoms with Crippen LogP contribution in [0.25, 0.3) is 10.9 Å². The minimum atomic E-state index is -0.285. The summed E-state index contributed by atoms with van der Waals surface area (Å²) in [7, 11) is 1.60. The van der Waals surface area contributed by atoms with Crippen LogP contribution < -0.4 is 15.6 Å². The number of H-pyrrole nitrogens is 2. The van der Waals surface area contributed by atoms with Crippen LogP contribution in [0.15, 0.2) is 45.7 Å². The van der Waals surface area contributed by atoms with Gasteiger partial charge in [-0.2, -0.15) is 0 Å². The Bertz CT molecular complexity index is 1110. The number of methoxy groups -OCH3 is 1. The van der Waals surface area contributed by atoms with Gasteiger partial charge in [0, 0.05) is 5.56 Å². The van der Waals surface area contributed by atoms with E-state index in [4.69, 9.17) is 17.0 Å². The molecule has 134 valence electrons. The van der Waals surface area contributed by atoms with E-state index >= 15 is 0 Å². The van der Waals surface area contributed by atoms with E-state index < -0.39 is 0 Å². The van der Waals surface area contributed by atoms with Crippen molar-refractivity contribution in [1.82, 2.24) is 15.3 Å². The molecule has 0 spiro atoms. The van der Waals surface area contributed by atoms with E-state index in [0.29, 0.717) is 16.5 Å². The van der Waals surface area contributed by atoms with Crippen molar-refractivity contribution < 1.29 is 9.53 Å². The molecule has 3 rings (SSSR count). The van der Waals surface area contributed by atoms with Gasteiger partial charge in [-0.25, -0.2) is 0 Å². The summed E-state index contributed by atoms with van der Waals surface area (Å²) in [5, 5.41) is 3.39. The summed E-state index contributed by atoms with van der Waals surface area (Å²) in [5.74, 6) is 0.480. The van der Waals surface area contributed by atoms with Gasteiger partial charge in [0.25, 0.3) is 11.5 Å². The number of benzene rings is 2. The molecule has 0 fully saturated rings. The Morgan fingerprint density at radius 1 is 1.23 bits per heavy atom. The van der Waals surface area contributed by atoms with Gasteiger partial charge in [0.1, 0.15) is 5.75 Å². The molecule has 0 aliphatic rings. The lowest BCUT2D eigenvalue weighted by Crippen LogP contribution is -2.26. The summed E-state index contributed by atoms with van der Waals surface area (Å²) < 4.78 is 6.25. The predicted octanol–water partition coefficient (Wildman–Crippen LogP) is 3.85. The second kappa shape index (κ2) is 7.43. The van der Waals surface area contributed by atoms with Crippen molar-refractivity contribution in [1.29, 1.82) is 0 Å². The molecule has 0 bridgehead atoms. The van der Waals surface area contributed by atoms with Crippen LogP contribution in [0.2, 0.25) is 0 Å². The first-order valence-electron chi connectivity index (χ1n) is 7.79. The zero-order valence-corrected chi connectivity index (χ0v) is 16.5. The van der Waals surface area contributed by atoms with E-state index in [9.17, 15) is 9.59 Å². The van der Waals surface area contributed by atoms with Crippen LogP contribution in [0.5, 0.6) is 5.75 Å². The van der Waals surface area contributed by atoms with Crippen LogP contribution in [0.3, 0.4) is 0 Å². The summed E-state index contributed by atoms with van der Waals surface area (Å²) in [6.07, 6.45) is 0. The maximum Gasteiger partial charge on any atom is 0.259 e. The second-order valence-electron chi connectivity index (χ2n) is 5.76. The van der Waals surface area contributed by atoms with Gasteiger partial charge in [-0.1, -0.05) is 6.07 Å². The van der Waals surface area contributed by atoms with Crippen molar-refractivity contribution in [3.63, 3.8) is 0 Å². The number of ether oxygens (including phenoxy) is 1. The highest BCUT2D eigenvalue weighted by Crippen LogP contribution is 2.28. The van der Waals surface area contributed by atoms with Gasteiger partial charge >= 0.3 is 0 Å². The zero-order chi connectivity index (χ0) is 18.8. The molecular formula is C18H16BrN3O3S. The third-order valence-corrected chi connectivity index (χ3v) is 4.85. The minimum Gasteiger partial charge on any atom is -0.496 e. The number of aromatic amines is 2. The van der Waals surface area contributed by atoms with Crippen LogP contribution >= 0.6 is 28.1 Å². The lowest BCUT2D eigenvalue weighted by Gasteiger charge is -2.16. The Hall–Kier alpha value is -2.45. The average Bonchev–Trinajstić information content (AvgIpc) is 2.60. The van der Waals surface area contributed by atoms with Crippen molar-refractivity contribution >= 4 is 45.0 Å². The molecule has 0 radical (unpaired) electrons. The quantitative estimate of drug-likeness (QED) is 0.545. The van der Waals surface area contributed by atoms with E-state index in [2.05, 4.69) is 31.2 Å². The first-order chi connectivity index (χ1) is 12.4. The number of hydrogen-bond donors (Lipinski definition) is 3. The molecule has 1 amide bonds. The molecule has 0 saturated carbocycles. The average molecular weight is 434 g/mol. The molecule has 3 N–H and O–H groups in total. The molecule has 1 atom stereocenters. The normalized spacial score (nSPS) is 12.0. The number of fused-ring (bicyclic) bond motifs is 1. The number of carbonyl (C=O) groups excluding carboxylic acids is 1. The highest BCUT2D eigenvalue weighted by Gasteiger charge is 2.14. The van der Waals surface area contributed by atoms with E-state index in [1.807, 2.05) is 25.1 Å². The summed E-state index contributed by atoms with van der Waals surface area (Å²) in [6.45, 7) is 1.89.